The number of rotatable bonds is 5. The number of benzene rings is 3. The van der Waals surface area contributed by atoms with Crippen LogP contribution in [0.3, 0.4) is 0 Å². The van der Waals surface area contributed by atoms with Gasteiger partial charge < -0.3 is 19.5 Å². The zero-order valence-electron chi connectivity index (χ0n) is 17.6. The van der Waals surface area contributed by atoms with Crippen molar-refractivity contribution in [2.24, 2.45) is 0 Å². The van der Waals surface area contributed by atoms with Crippen LogP contribution in [0.4, 0.5) is 15.8 Å². The van der Waals surface area contributed by atoms with Gasteiger partial charge in [0.05, 0.1) is 12.7 Å². The molecular formula is C26H19FN2O4. The molecule has 2 N–H and O–H groups in total. The monoisotopic (exact) mass is 442 g/mol. The molecule has 5 rings (SSSR count). The lowest BCUT2D eigenvalue weighted by Crippen LogP contribution is -2.18. The maximum Gasteiger partial charge on any atom is 0.293 e. The first kappa shape index (κ1) is 20.5. The van der Waals surface area contributed by atoms with Crippen molar-refractivity contribution in [2.75, 3.05) is 10.6 Å². The summed E-state index contributed by atoms with van der Waals surface area (Å²) in [4.78, 5) is 25.9. The normalized spacial score (nSPS) is 11.1. The highest BCUT2D eigenvalue weighted by molar-refractivity contribution is 6.14. The highest BCUT2D eigenvalue weighted by Gasteiger charge is 2.23. The predicted molar refractivity (Wildman–Crippen MR) is 124 cm³/mol. The fraction of sp³-hybridized carbons (Fsp3) is 0.0769. The first-order valence-corrected chi connectivity index (χ1v) is 10.3. The number of hydrogen-bond acceptors (Lipinski definition) is 4. The molecule has 33 heavy (non-hydrogen) atoms. The number of anilines is 2. The van der Waals surface area contributed by atoms with Gasteiger partial charge in [-0.05, 0) is 49.4 Å². The lowest BCUT2D eigenvalue weighted by atomic mass is 10.1. The van der Waals surface area contributed by atoms with Gasteiger partial charge in [-0.2, -0.15) is 0 Å². The first-order valence-electron chi connectivity index (χ1n) is 10.3. The summed E-state index contributed by atoms with van der Waals surface area (Å²) in [6.07, 6.45) is 1.37. The molecule has 0 atom stereocenters. The van der Waals surface area contributed by atoms with E-state index in [0.29, 0.717) is 33.2 Å². The molecule has 0 radical (unpaired) electrons. The quantitative estimate of drug-likeness (QED) is 0.347. The van der Waals surface area contributed by atoms with Gasteiger partial charge in [0.2, 0.25) is 11.7 Å². The van der Waals surface area contributed by atoms with Crippen LogP contribution < -0.4 is 10.6 Å². The van der Waals surface area contributed by atoms with Crippen molar-refractivity contribution in [1.29, 1.82) is 0 Å². The lowest BCUT2D eigenvalue weighted by Gasteiger charge is -2.07. The van der Waals surface area contributed by atoms with E-state index >= 15 is 0 Å². The molecule has 3 aromatic carbocycles. The molecule has 0 saturated carbocycles. The summed E-state index contributed by atoms with van der Waals surface area (Å²) in [6.45, 7) is 1.95. The van der Waals surface area contributed by atoms with E-state index < -0.39 is 17.6 Å². The van der Waals surface area contributed by atoms with Gasteiger partial charge in [-0.25, -0.2) is 4.39 Å². The Bertz CT molecular complexity index is 1500. The molecule has 0 saturated heterocycles. The Morgan fingerprint density at radius 1 is 0.909 bits per heavy atom. The predicted octanol–water partition coefficient (Wildman–Crippen LogP) is 6.06. The van der Waals surface area contributed by atoms with Crippen molar-refractivity contribution in [3.05, 3.63) is 95.7 Å². The van der Waals surface area contributed by atoms with Gasteiger partial charge in [-0.3, -0.25) is 9.59 Å². The number of nitrogens with one attached hydrogen (secondary N) is 2. The average Bonchev–Trinajstić information content (AvgIpc) is 3.37. The molecule has 0 unspecified atom stereocenters. The highest BCUT2D eigenvalue weighted by atomic mass is 19.1. The molecule has 2 heterocycles. The Morgan fingerprint density at radius 2 is 1.70 bits per heavy atom. The highest BCUT2D eigenvalue weighted by Crippen LogP contribution is 2.32. The molecule has 7 heteroatoms. The van der Waals surface area contributed by atoms with Crippen molar-refractivity contribution < 1.29 is 22.8 Å². The first-order chi connectivity index (χ1) is 16.0. The molecule has 0 spiro atoms. The van der Waals surface area contributed by atoms with Gasteiger partial charge in [0.15, 0.2) is 0 Å². The van der Waals surface area contributed by atoms with Crippen LogP contribution in [-0.4, -0.2) is 11.8 Å². The van der Waals surface area contributed by atoms with Gasteiger partial charge in [-0.15, -0.1) is 0 Å². The van der Waals surface area contributed by atoms with Crippen LogP contribution in [0.2, 0.25) is 0 Å². The van der Waals surface area contributed by atoms with Crippen LogP contribution in [0.1, 0.15) is 21.7 Å². The number of furan rings is 2. The van der Waals surface area contributed by atoms with Crippen LogP contribution in [-0.2, 0) is 11.2 Å². The van der Waals surface area contributed by atoms with E-state index in [1.165, 1.54) is 24.5 Å². The lowest BCUT2D eigenvalue weighted by molar-refractivity contribution is -0.115. The number of carbonyl (C=O) groups excluding carboxylic acids is 2. The molecule has 0 aliphatic heterocycles. The summed E-state index contributed by atoms with van der Waals surface area (Å²) in [5.41, 5.74) is 3.45. The minimum absolute atomic E-state index is 0.00628. The smallest absolute Gasteiger partial charge is 0.293 e. The van der Waals surface area contributed by atoms with Gasteiger partial charge in [0, 0.05) is 22.0 Å². The average molecular weight is 442 g/mol. The number of fused-ring (bicyclic) bond motifs is 2. The van der Waals surface area contributed by atoms with Gasteiger partial charge in [0.25, 0.3) is 5.91 Å². The summed E-state index contributed by atoms with van der Waals surface area (Å²) in [7, 11) is 0. The minimum atomic E-state index is -0.485. The maximum absolute atomic E-state index is 13.7. The van der Waals surface area contributed by atoms with E-state index in [4.69, 9.17) is 8.83 Å². The van der Waals surface area contributed by atoms with Gasteiger partial charge in [-0.1, -0.05) is 29.8 Å². The second kappa shape index (κ2) is 8.27. The van der Waals surface area contributed by atoms with Gasteiger partial charge >= 0.3 is 0 Å². The third-order valence-electron chi connectivity index (χ3n) is 5.34. The van der Waals surface area contributed by atoms with Crippen molar-refractivity contribution in [3.8, 4) is 0 Å². The molecule has 0 aliphatic carbocycles. The van der Waals surface area contributed by atoms with Crippen molar-refractivity contribution in [2.45, 2.75) is 13.3 Å². The summed E-state index contributed by atoms with van der Waals surface area (Å²) >= 11 is 0. The fourth-order valence-corrected chi connectivity index (χ4v) is 3.70. The summed E-state index contributed by atoms with van der Waals surface area (Å²) in [5.74, 6) is -1.30. The third kappa shape index (κ3) is 4.08. The Kier molecular flexibility index (Phi) is 5.14. The van der Waals surface area contributed by atoms with E-state index in [9.17, 15) is 14.0 Å². The standard InChI is InChI=1S/C26H19FN2O4/c1-15-6-9-18(10-7-15)28-26(31)25-24(19-4-2-3-5-22(19)33-25)29-23(30)12-16-14-32-21-11-8-17(27)13-20(16)21/h2-11,13-14H,12H2,1H3,(H,28,31)(H,29,30). The zero-order valence-corrected chi connectivity index (χ0v) is 17.6. The molecular weight excluding hydrogens is 423 g/mol. The molecule has 0 fully saturated rings. The Hall–Kier alpha value is -4.39. The van der Waals surface area contributed by atoms with E-state index in [-0.39, 0.29) is 17.9 Å². The Morgan fingerprint density at radius 3 is 2.52 bits per heavy atom. The SMILES string of the molecule is Cc1ccc(NC(=O)c2oc3ccccc3c2NC(=O)Cc2coc3ccc(F)cc23)cc1. The van der Waals surface area contributed by atoms with E-state index in [2.05, 4.69) is 10.6 Å². The number of carbonyl (C=O) groups is 2. The molecule has 6 nitrogen and oxygen atoms in total. The van der Waals surface area contributed by atoms with E-state index in [1.807, 2.05) is 19.1 Å². The van der Waals surface area contributed by atoms with Crippen LogP contribution in [0.25, 0.3) is 21.9 Å². The molecule has 2 amide bonds. The molecule has 164 valence electrons. The topological polar surface area (TPSA) is 84.5 Å². The number of amides is 2. The van der Waals surface area contributed by atoms with Gasteiger partial charge in [0.1, 0.15) is 22.7 Å². The minimum Gasteiger partial charge on any atom is -0.464 e. The van der Waals surface area contributed by atoms with Crippen molar-refractivity contribution >= 4 is 45.1 Å². The van der Waals surface area contributed by atoms with Crippen molar-refractivity contribution in [3.63, 3.8) is 0 Å². The van der Waals surface area contributed by atoms with E-state index in [0.717, 1.165) is 5.56 Å². The van der Waals surface area contributed by atoms with Crippen LogP contribution in [0.15, 0.2) is 81.8 Å². The molecule has 2 aromatic heterocycles. The largest absolute Gasteiger partial charge is 0.464 e. The van der Waals surface area contributed by atoms with Crippen LogP contribution in [0.5, 0.6) is 0 Å². The fourth-order valence-electron chi connectivity index (χ4n) is 3.70. The second-order valence-electron chi connectivity index (χ2n) is 7.75. The van der Waals surface area contributed by atoms with Crippen LogP contribution >= 0.6 is 0 Å². The zero-order chi connectivity index (χ0) is 22.9. The van der Waals surface area contributed by atoms with E-state index in [1.54, 1.807) is 36.4 Å². The summed E-state index contributed by atoms with van der Waals surface area (Å²) in [6, 6.07) is 18.6. The number of para-hydroxylation sites is 1. The number of aryl methyl sites for hydroxylation is 1. The van der Waals surface area contributed by atoms with Crippen LogP contribution in [0, 0.1) is 12.7 Å². The van der Waals surface area contributed by atoms with Crippen molar-refractivity contribution in [1.82, 2.24) is 0 Å². The third-order valence-corrected chi connectivity index (χ3v) is 5.34. The summed E-state index contributed by atoms with van der Waals surface area (Å²) in [5, 5.41) is 6.72. The number of halogens is 1. The summed E-state index contributed by atoms with van der Waals surface area (Å²) < 4.78 is 24.9. The number of hydrogen-bond donors (Lipinski definition) is 2. The molecule has 0 aliphatic rings. The Labute approximate surface area is 188 Å². The molecule has 5 aromatic rings. The maximum atomic E-state index is 13.7. The second-order valence-corrected chi connectivity index (χ2v) is 7.75. The Balaban J connectivity index is 1.44. The molecule has 0 bridgehead atoms.